The van der Waals surface area contributed by atoms with Gasteiger partial charge < -0.3 is 10.1 Å². The van der Waals surface area contributed by atoms with E-state index in [0.717, 1.165) is 0 Å². The smallest absolute Gasteiger partial charge is 0.228 e. The molecule has 0 unspecified atom stereocenters. The van der Waals surface area contributed by atoms with Crippen LogP contribution in [-0.4, -0.2) is 38.8 Å². The molecule has 1 N–H and O–H groups in total. The van der Waals surface area contributed by atoms with Crippen molar-refractivity contribution in [1.29, 1.82) is 0 Å². The van der Waals surface area contributed by atoms with E-state index in [-0.39, 0.29) is 24.1 Å². The molecule has 1 fully saturated rings. The largest absolute Gasteiger partial charge is 0.497 e. The molecular weight excluding hydrogens is 400 g/mol. The number of rotatable bonds is 6. The summed E-state index contributed by atoms with van der Waals surface area (Å²) in [7, 11) is -1.93. The van der Waals surface area contributed by atoms with Gasteiger partial charge in [-0.3, -0.25) is 4.79 Å². The summed E-state index contributed by atoms with van der Waals surface area (Å²) >= 11 is 5.86. The van der Waals surface area contributed by atoms with Crippen LogP contribution in [0.1, 0.15) is 18.4 Å². The van der Waals surface area contributed by atoms with Crippen LogP contribution in [-0.2, 0) is 20.6 Å². The molecular formula is C20H23ClN2O4S. The van der Waals surface area contributed by atoms with Crippen molar-refractivity contribution in [1.82, 2.24) is 4.31 Å². The van der Waals surface area contributed by atoms with E-state index < -0.39 is 10.0 Å². The molecule has 0 radical (unpaired) electrons. The minimum Gasteiger partial charge on any atom is -0.497 e. The van der Waals surface area contributed by atoms with E-state index in [1.807, 2.05) is 0 Å². The van der Waals surface area contributed by atoms with Crippen molar-refractivity contribution in [3.8, 4) is 5.75 Å². The molecule has 1 aliphatic rings. The van der Waals surface area contributed by atoms with Crippen LogP contribution in [0.2, 0.25) is 5.02 Å². The molecule has 28 heavy (non-hydrogen) atoms. The number of amides is 1. The van der Waals surface area contributed by atoms with E-state index in [2.05, 4.69) is 5.32 Å². The maximum absolute atomic E-state index is 12.8. The van der Waals surface area contributed by atoms with Gasteiger partial charge in [0.25, 0.3) is 0 Å². The van der Waals surface area contributed by atoms with Gasteiger partial charge in [-0.1, -0.05) is 23.7 Å². The molecule has 3 rings (SSSR count). The SMILES string of the molecule is COc1ccc(NC(=O)[C@H]2CCCN(S(=O)(=O)Cc3ccc(Cl)cc3)C2)cc1. The van der Waals surface area contributed by atoms with Gasteiger partial charge in [0, 0.05) is 23.8 Å². The predicted molar refractivity (Wildman–Crippen MR) is 110 cm³/mol. The number of methoxy groups -OCH3 is 1. The lowest BCUT2D eigenvalue weighted by molar-refractivity contribution is -0.120. The Morgan fingerprint density at radius 1 is 1.18 bits per heavy atom. The van der Waals surface area contributed by atoms with E-state index >= 15 is 0 Å². The monoisotopic (exact) mass is 422 g/mol. The number of sulfonamides is 1. The minimum absolute atomic E-state index is 0.100. The molecule has 0 aromatic heterocycles. The van der Waals surface area contributed by atoms with Gasteiger partial charge in [0.1, 0.15) is 5.75 Å². The highest BCUT2D eigenvalue weighted by Gasteiger charge is 2.32. The normalized spacial score (nSPS) is 17.9. The molecule has 1 aliphatic heterocycles. The molecule has 1 heterocycles. The molecule has 8 heteroatoms. The lowest BCUT2D eigenvalue weighted by Gasteiger charge is -2.31. The number of nitrogens with zero attached hydrogens (tertiary/aromatic N) is 1. The third kappa shape index (κ3) is 5.25. The number of hydrogen-bond acceptors (Lipinski definition) is 4. The fourth-order valence-electron chi connectivity index (χ4n) is 3.21. The Bertz CT molecular complexity index is 914. The fourth-order valence-corrected chi connectivity index (χ4v) is 4.95. The summed E-state index contributed by atoms with van der Waals surface area (Å²) in [6, 6.07) is 13.8. The van der Waals surface area contributed by atoms with Crippen LogP contribution in [0.3, 0.4) is 0 Å². The van der Waals surface area contributed by atoms with Gasteiger partial charge in [0.15, 0.2) is 0 Å². The number of anilines is 1. The Morgan fingerprint density at radius 2 is 1.86 bits per heavy atom. The van der Waals surface area contributed by atoms with Gasteiger partial charge in [0.2, 0.25) is 15.9 Å². The Labute approximate surface area is 170 Å². The summed E-state index contributed by atoms with van der Waals surface area (Å²) in [6.07, 6.45) is 1.31. The molecule has 1 amide bonds. The third-order valence-corrected chi connectivity index (χ3v) is 6.84. The molecule has 0 spiro atoms. The quantitative estimate of drug-likeness (QED) is 0.772. The van der Waals surface area contributed by atoms with Gasteiger partial charge >= 0.3 is 0 Å². The van der Waals surface area contributed by atoms with Crippen LogP contribution < -0.4 is 10.1 Å². The van der Waals surface area contributed by atoms with Crippen molar-refractivity contribution in [3.05, 3.63) is 59.1 Å². The summed E-state index contributed by atoms with van der Waals surface area (Å²) in [5.74, 6) is 0.0549. The second kappa shape index (κ2) is 8.94. The maximum atomic E-state index is 12.8. The molecule has 1 saturated heterocycles. The summed E-state index contributed by atoms with van der Waals surface area (Å²) in [5, 5.41) is 3.42. The van der Waals surface area contributed by atoms with Crippen LogP contribution in [0.5, 0.6) is 5.75 Å². The van der Waals surface area contributed by atoms with Crippen molar-refractivity contribution < 1.29 is 17.9 Å². The van der Waals surface area contributed by atoms with Crippen LogP contribution in [0.25, 0.3) is 0 Å². The van der Waals surface area contributed by atoms with Gasteiger partial charge in [-0.05, 0) is 54.8 Å². The number of piperidine rings is 1. The molecule has 6 nitrogen and oxygen atoms in total. The second-order valence-corrected chi connectivity index (χ2v) is 9.20. The predicted octanol–water partition coefficient (Wildman–Crippen LogP) is 3.53. The zero-order chi connectivity index (χ0) is 20.1. The Hall–Kier alpha value is -2.09. The Kier molecular flexibility index (Phi) is 6.59. The first-order valence-electron chi connectivity index (χ1n) is 9.04. The number of halogens is 1. The number of hydrogen-bond donors (Lipinski definition) is 1. The van der Waals surface area contributed by atoms with Crippen LogP contribution in [0, 0.1) is 5.92 Å². The molecule has 0 aliphatic carbocycles. The Balaban J connectivity index is 1.63. The first-order chi connectivity index (χ1) is 13.4. The van der Waals surface area contributed by atoms with Crippen LogP contribution in [0.4, 0.5) is 5.69 Å². The van der Waals surface area contributed by atoms with Crippen molar-refractivity contribution in [2.24, 2.45) is 5.92 Å². The fraction of sp³-hybridized carbons (Fsp3) is 0.350. The van der Waals surface area contributed by atoms with Crippen LogP contribution in [0.15, 0.2) is 48.5 Å². The lowest BCUT2D eigenvalue weighted by Crippen LogP contribution is -2.44. The summed E-state index contributed by atoms with van der Waals surface area (Å²) in [6.45, 7) is 0.625. The van der Waals surface area contributed by atoms with Crippen molar-refractivity contribution in [3.63, 3.8) is 0 Å². The van der Waals surface area contributed by atoms with Gasteiger partial charge in [-0.25, -0.2) is 12.7 Å². The zero-order valence-corrected chi connectivity index (χ0v) is 17.2. The van der Waals surface area contributed by atoms with E-state index in [9.17, 15) is 13.2 Å². The van der Waals surface area contributed by atoms with Crippen molar-refractivity contribution in [2.75, 3.05) is 25.5 Å². The molecule has 0 bridgehead atoms. The number of carbonyl (C=O) groups is 1. The van der Waals surface area contributed by atoms with Gasteiger partial charge in [0.05, 0.1) is 18.8 Å². The number of ether oxygens (including phenoxy) is 1. The van der Waals surface area contributed by atoms with E-state index in [1.165, 1.54) is 4.31 Å². The van der Waals surface area contributed by atoms with E-state index in [4.69, 9.17) is 16.3 Å². The number of carbonyl (C=O) groups excluding carboxylic acids is 1. The van der Waals surface area contributed by atoms with Gasteiger partial charge in [-0.2, -0.15) is 0 Å². The summed E-state index contributed by atoms with van der Waals surface area (Å²) in [5.41, 5.74) is 1.33. The van der Waals surface area contributed by atoms with Gasteiger partial charge in [-0.15, -0.1) is 0 Å². The highest BCUT2D eigenvalue weighted by molar-refractivity contribution is 7.88. The van der Waals surface area contributed by atoms with Crippen molar-refractivity contribution in [2.45, 2.75) is 18.6 Å². The van der Waals surface area contributed by atoms with Crippen LogP contribution >= 0.6 is 11.6 Å². The minimum atomic E-state index is -3.50. The van der Waals surface area contributed by atoms with E-state index in [1.54, 1.807) is 55.6 Å². The Morgan fingerprint density at radius 3 is 2.50 bits per heavy atom. The topological polar surface area (TPSA) is 75.7 Å². The average Bonchev–Trinajstić information content (AvgIpc) is 2.70. The number of nitrogens with one attached hydrogen (secondary N) is 1. The number of benzene rings is 2. The molecule has 2 aromatic rings. The molecule has 0 saturated carbocycles. The zero-order valence-electron chi connectivity index (χ0n) is 15.6. The molecule has 2 aromatic carbocycles. The maximum Gasteiger partial charge on any atom is 0.228 e. The molecule has 150 valence electrons. The first kappa shape index (κ1) is 20.6. The highest BCUT2D eigenvalue weighted by Crippen LogP contribution is 2.24. The summed E-state index contributed by atoms with van der Waals surface area (Å²) in [4.78, 5) is 12.6. The summed E-state index contributed by atoms with van der Waals surface area (Å²) < 4.78 is 32.1. The second-order valence-electron chi connectivity index (χ2n) is 6.80. The third-order valence-electron chi connectivity index (χ3n) is 4.77. The lowest BCUT2D eigenvalue weighted by atomic mass is 9.99. The first-order valence-corrected chi connectivity index (χ1v) is 11.0. The van der Waals surface area contributed by atoms with Crippen molar-refractivity contribution >= 4 is 33.2 Å². The highest BCUT2D eigenvalue weighted by atomic mass is 35.5. The molecule has 1 atom stereocenters. The average molecular weight is 423 g/mol. The standard InChI is InChI=1S/C20H23ClN2O4S/c1-27-19-10-8-18(9-11-19)22-20(24)16-3-2-12-23(13-16)28(25,26)14-15-4-6-17(21)7-5-15/h4-11,16H,2-3,12-14H2,1H3,(H,22,24)/t16-/m0/s1. The van der Waals surface area contributed by atoms with E-state index in [0.29, 0.717) is 41.4 Å².